The van der Waals surface area contributed by atoms with Crippen molar-refractivity contribution in [3.05, 3.63) is 0 Å². The number of ether oxygens (including phenoxy) is 1. The molecule has 0 radical (unpaired) electrons. The Balaban J connectivity index is 1.96. The minimum Gasteiger partial charge on any atom is -0.481 e. The van der Waals surface area contributed by atoms with E-state index in [4.69, 9.17) is 4.74 Å². The lowest BCUT2D eigenvalue weighted by molar-refractivity contribution is -0.144. The van der Waals surface area contributed by atoms with Crippen LogP contribution in [0, 0.1) is 17.8 Å². The summed E-state index contributed by atoms with van der Waals surface area (Å²) in [5.41, 5.74) is -0.164. The smallest absolute Gasteiger partial charge is 0.308 e. The van der Waals surface area contributed by atoms with Crippen molar-refractivity contribution in [2.24, 2.45) is 17.8 Å². The minimum atomic E-state index is -0.622. The molecule has 2 fully saturated rings. The Labute approximate surface area is 115 Å². The van der Waals surface area contributed by atoms with Crippen LogP contribution < -0.4 is 5.32 Å². The van der Waals surface area contributed by atoms with Crippen molar-refractivity contribution < 1.29 is 14.6 Å². The molecule has 0 aromatic carbocycles. The quantitative estimate of drug-likeness (QED) is 0.776. The van der Waals surface area contributed by atoms with Crippen LogP contribution in [0.2, 0.25) is 0 Å². The van der Waals surface area contributed by atoms with Crippen LogP contribution in [0.4, 0.5) is 0 Å². The third-order valence-electron chi connectivity index (χ3n) is 5.03. The fourth-order valence-corrected chi connectivity index (χ4v) is 4.09. The number of carbonyl (C=O) groups is 1. The molecule has 0 aromatic rings. The standard InChI is InChI=1S/C15H27NO3/c1-9(8-15(2,3)19-4)16-13-11-6-5-10(7-11)12(13)14(17)18/h9-13,16H,5-8H2,1-4H3,(H,17,18). The van der Waals surface area contributed by atoms with Crippen LogP contribution in [0.3, 0.4) is 0 Å². The number of carboxylic acids is 1. The molecule has 0 saturated heterocycles. The molecule has 2 aliphatic carbocycles. The zero-order chi connectivity index (χ0) is 14.2. The molecule has 0 aliphatic heterocycles. The van der Waals surface area contributed by atoms with Gasteiger partial charge in [-0.25, -0.2) is 0 Å². The van der Waals surface area contributed by atoms with E-state index in [2.05, 4.69) is 26.1 Å². The van der Waals surface area contributed by atoms with Crippen molar-refractivity contribution >= 4 is 5.97 Å². The second-order valence-electron chi connectivity index (χ2n) is 6.96. The number of methoxy groups -OCH3 is 1. The molecule has 2 N–H and O–H groups in total. The van der Waals surface area contributed by atoms with Crippen LogP contribution in [0.25, 0.3) is 0 Å². The van der Waals surface area contributed by atoms with Gasteiger partial charge in [0.1, 0.15) is 0 Å². The Morgan fingerprint density at radius 2 is 2.05 bits per heavy atom. The lowest BCUT2D eigenvalue weighted by Crippen LogP contribution is -2.49. The normalized spacial score (nSPS) is 35.6. The van der Waals surface area contributed by atoms with Gasteiger partial charge in [-0.2, -0.15) is 0 Å². The number of rotatable bonds is 6. The largest absolute Gasteiger partial charge is 0.481 e. The predicted octanol–water partition coefficient (Wildman–Crippen LogP) is 2.28. The van der Waals surface area contributed by atoms with Crippen molar-refractivity contribution in [3.8, 4) is 0 Å². The molecule has 110 valence electrons. The van der Waals surface area contributed by atoms with Crippen LogP contribution in [-0.2, 0) is 9.53 Å². The van der Waals surface area contributed by atoms with Gasteiger partial charge in [0, 0.05) is 19.2 Å². The van der Waals surface area contributed by atoms with Crippen molar-refractivity contribution in [1.82, 2.24) is 5.32 Å². The molecule has 0 spiro atoms. The van der Waals surface area contributed by atoms with E-state index < -0.39 is 5.97 Å². The van der Waals surface area contributed by atoms with Crippen molar-refractivity contribution in [3.63, 3.8) is 0 Å². The fraction of sp³-hybridized carbons (Fsp3) is 0.933. The summed E-state index contributed by atoms with van der Waals surface area (Å²) in [5.74, 6) is 0.136. The van der Waals surface area contributed by atoms with Gasteiger partial charge in [0.15, 0.2) is 0 Å². The third-order valence-corrected chi connectivity index (χ3v) is 5.03. The van der Waals surface area contributed by atoms with Gasteiger partial charge >= 0.3 is 5.97 Å². The lowest BCUT2D eigenvalue weighted by atomic mass is 9.83. The Kier molecular flexibility index (Phi) is 4.21. The summed E-state index contributed by atoms with van der Waals surface area (Å²) in [6.07, 6.45) is 4.27. The SMILES string of the molecule is COC(C)(C)CC(C)NC1C2CCC(C2)C1C(=O)O. The Morgan fingerprint density at radius 3 is 2.63 bits per heavy atom. The monoisotopic (exact) mass is 269 g/mol. The van der Waals surface area contributed by atoms with Gasteiger partial charge in [-0.05, 0) is 58.3 Å². The second-order valence-corrected chi connectivity index (χ2v) is 6.96. The average Bonchev–Trinajstić information content (AvgIpc) is 2.88. The Hall–Kier alpha value is -0.610. The van der Waals surface area contributed by atoms with E-state index in [1.165, 1.54) is 6.42 Å². The summed E-state index contributed by atoms with van der Waals surface area (Å²) in [4.78, 5) is 11.5. The highest BCUT2D eigenvalue weighted by atomic mass is 16.5. The second kappa shape index (κ2) is 5.41. The zero-order valence-corrected chi connectivity index (χ0v) is 12.5. The molecule has 4 heteroatoms. The van der Waals surface area contributed by atoms with Crippen LogP contribution >= 0.6 is 0 Å². The van der Waals surface area contributed by atoms with E-state index in [9.17, 15) is 9.90 Å². The van der Waals surface area contributed by atoms with Crippen LogP contribution in [0.1, 0.15) is 46.5 Å². The summed E-state index contributed by atoms with van der Waals surface area (Å²) in [6.45, 7) is 6.27. The maximum Gasteiger partial charge on any atom is 0.308 e. The number of hydrogen-bond acceptors (Lipinski definition) is 3. The summed E-state index contributed by atoms with van der Waals surface area (Å²) < 4.78 is 5.45. The zero-order valence-electron chi connectivity index (χ0n) is 12.5. The lowest BCUT2D eigenvalue weighted by Gasteiger charge is -2.34. The molecule has 2 bridgehead atoms. The summed E-state index contributed by atoms with van der Waals surface area (Å²) in [5, 5.41) is 13.0. The van der Waals surface area contributed by atoms with Gasteiger partial charge < -0.3 is 15.2 Å². The molecular formula is C15H27NO3. The van der Waals surface area contributed by atoms with Crippen LogP contribution in [0.15, 0.2) is 0 Å². The summed E-state index contributed by atoms with van der Waals surface area (Å²) in [6, 6.07) is 0.431. The molecular weight excluding hydrogens is 242 g/mol. The first-order valence-electron chi connectivity index (χ1n) is 7.38. The van der Waals surface area contributed by atoms with Crippen molar-refractivity contribution in [2.75, 3.05) is 7.11 Å². The highest BCUT2D eigenvalue weighted by Crippen LogP contribution is 2.48. The molecule has 0 aromatic heterocycles. The molecule has 2 saturated carbocycles. The maximum atomic E-state index is 11.5. The van der Waals surface area contributed by atoms with E-state index in [-0.39, 0.29) is 23.6 Å². The van der Waals surface area contributed by atoms with E-state index in [0.29, 0.717) is 11.8 Å². The van der Waals surface area contributed by atoms with Gasteiger partial charge in [-0.1, -0.05) is 0 Å². The summed E-state index contributed by atoms with van der Waals surface area (Å²) >= 11 is 0. The summed E-state index contributed by atoms with van der Waals surface area (Å²) in [7, 11) is 1.73. The number of nitrogens with one attached hydrogen (secondary N) is 1. The first-order valence-corrected chi connectivity index (χ1v) is 7.38. The van der Waals surface area contributed by atoms with E-state index in [1.807, 2.05) is 0 Å². The topological polar surface area (TPSA) is 58.6 Å². The first-order chi connectivity index (χ1) is 8.84. The number of aliphatic carboxylic acids is 1. The van der Waals surface area contributed by atoms with Gasteiger partial charge in [-0.15, -0.1) is 0 Å². The van der Waals surface area contributed by atoms with Gasteiger partial charge in [0.05, 0.1) is 11.5 Å². The predicted molar refractivity (Wildman–Crippen MR) is 74.0 cm³/mol. The highest BCUT2D eigenvalue weighted by molar-refractivity contribution is 5.72. The van der Waals surface area contributed by atoms with Crippen molar-refractivity contribution in [1.29, 1.82) is 0 Å². The van der Waals surface area contributed by atoms with Gasteiger partial charge in [0.25, 0.3) is 0 Å². The van der Waals surface area contributed by atoms with Crippen LogP contribution in [0.5, 0.6) is 0 Å². The average molecular weight is 269 g/mol. The Bertz CT molecular complexity index is 342. The number of carboxylic acid groups (broad SMARTS) is 1. The van der Waals surface area contributed by atoms with Crippen molar-refractivity contribution in [2.45, 2.75) is 64.1 Å². The third kappa shape index (κ3) is 3.11. The van der Waals surface area contributed by atoms with Gasteiger partial charge in [0.2, 0.25) is 0 Å². The van der Waals surface area contributed by atoms with Gasteiger partial charge in [-0.3, -0.25) is 4.79 Å². The van der Waals surface area contributed by atoms with E-state index in [0.717, 1.165) is 19.3 Å². The molecule has 0 heterocycles. The number of hydrogen-bond donors (Lipinski definition) is 2. The molecule has 19 heavy (non-hydrogen) atoms. The maximum absolute atomic E-state index is 11.5. The highest BCUT2D eigenvalue weighted by Gasteiger charge is 2.51. The molecule has 0 amide bonds. The first kappa shape index (κ1) is 14.8. The molecule has 2 rings (SSSR count). The molecule has 2 aliphatic rings. The Morgan fingerprint density at radius 1 is 1.42 bits per heavy atom. The minimum absolute atomic E-state index is 0.152. The molecule has 4 nitrogen and oxygen atoms in total. The van der Waals surface area contributed by atoms with E-state index in [1.54, 1.807) is 7.11 Å². The molecule has 5 atom stereocenters. The van der Waals surface area contributed by atoms with Crippen LogP contribution in [-0.4, -0.2) is 35.9 Å². The van der Waals surface area contributed by atoms with E-state index >= 15 is 0 Å². The fourth-order valence-electron chi connectivity index (χ4n) is 4.09. The molecule has 5 unspecified atom stereocenters. The number of fused-ring (bicyclic) bond motifs is 2.